The first-order chi connectivity index (χ1) is 15.2. The minimum Gasteiger partial charge on any atom is -0.497 e. The number of hydrogen-bond donors (Lipinski definition) is 0. The van der Waals surface area contributed by atoms with Gasteiger partial charge in [-0.2, -0.15) is 4.31 Å². The third-order valence-corrected chi connectivity index (χ3v) is 6.93. The number of nitro groups is 1. The molecule has 1 heterocycles. The van der Waals surface area contributed by atoms with Gasteiger partial charge >= 0.3 is 5.97 Å². The SMILES string of the molecule is COC(=O)c1cc(C(=O)N2CCN(S(=O)(=O)c3ccc(OC)cc3)CC2)cc([N+](=O)[O-])c1. The molecule has 0 atom stereocenters. The topological polar surface area (TPSA) is 136 Å². The lowest BCUT2D eigenvalue weighted by atomic mass is 10.1. The van der Waals surface area contributed by atoms with E-state index < -0.39 is 32.5 Å². The van der Waals surface area contributed by atoms with E-state index in [1.165, 1.54) is 34.5 Å². The van der Waals surface area contributed by atoms with Crippen LogP contribution >= 0.6 is 0 Å². The largest absolute Gasteiger partial charge is 0.497 e. The van der Waals surface area contributed by atoms with Crippen molar-refractivity contribution in [2.24, 2.45) is 0 Å². The highest BCUT2D eigenvalue weighted by Crippen LogP contribution is 2.23. The molecule has 12 heteroatoms. The van der Waals surface area contributed by atoms with Crippen LogP contribution in [0.5, 0.6) is 5.75 Å². The zero-order chi connectivity index (χ0) is 23.5. The second-order valence-electron chi connectivity index (χ2n) is 6.89. The van der Waals surface area contributed by atoms with Crippen molar-refractivity contribution in [1.29, 1.82) is 0 Å². The summed E-state index contributed by atoms with van der Waals surface area (Å²) in [5.41, 5.74) is -0.589. The van der Waals surface area contributed by atoms with Crippen molar-refractivity contribution in [1.82, 2.24) is 9.21 Å². The monoisotopic (exact) mass is 463 g/mol. The summed E-state index contributed by atoms with van der Waals surface area (Å²) < 4.78 is 36.6. The molecule has 0 saturated carbocycles. The minimum absolute atomic E-state index is 0.0499. The maximum Gasteiger partial charge on any atom is 0.338 e. The van der Waals surface area contributed by atoms with E-state index in [1.54, 1.807) is 12.1 Å². The highest BCUT2D eigenvalue weighted by atomic mass is 32.2. The van der Waals surface area contributed by atoms with E-state index in [1.807, 2.05) is 0 Å². The van der Waals surface area contributed by atoms with Crippen LogP contribution in [0.1, 0.15) is 20.7 Å². The number of nitrogens with zero attached hydrogens (tertiary/aromatic N) is 3. The molecular formula is C20H21N3O8S. The zero-order valence-corrected chi connectivity index (χ0v) is 18.2. The van der Waals surface area contributed by atoms with E-state index in [2.05, 4.69) is 4.74 Å². The third-order valence-electron chi connectivity index (χ3n) is 5.02. The van der Waals surface area contributed by atoms with Gasteiger partial charge in [0.2, 0.25) is 10.0 Å². The number of amides is 1. The van der Waals surface area contributed by atoms with Crippen LogP contribution in [-0.2, 0) is 14.8 Å². The van der Waals surface area contributed by atoms with E-state index in [4.69, 9.17) is 4.74 Å². The van der Waals surface area contributed by atoms with Crippen molar-refractivity contribution in [3.05, 3.63) is 63.7 Å². The van der Waals surface area contributed by atoms with Gasteiger partial charge in [-0.05, 0) is 30.3 Å². The Morgan fingerprint density at radius 3 is 2.09 bits per heavy atom. The number of esters is 1. The van der Waals surface area contributed by atoms with Crippen molar-refractivity contribution < 1.29 is 32.4 Å². The van der Waals surface area contributed by atoms with Crippen LogP contribution in [0.4, 0.5) is 5.69 Å². The average Bonchev–Trinajstić information content (AvgIpc) is 2.82. The third kappa shape index (κ3) is 4.70. The fraction of sp³-hybridized carbons (Fsp3) is 0.300. The van der Waals surface area contributed by atoms with Crippen LogP contribution in [0.2, 0.25) is 0 Å². The number of methoxy groups -OCH3 is 2. The number of sulfonamides is 1. The molecular weight excluding hydrogens is 442 g/mol. The normalized spacial score (nSPS) is 14.6. The Kier molecular flexibility index (Phi) is 6.75. The van der Waals surface area contributed by atoms with Gasteiger partial charge < -0.3 is 14.4 Å². The molecule has 3 rings (SSSR count). The molecule has 1 saturated heterocycles. The predicted molar refractivity (Wildman–Crippen MR) is 112 cm³/mol. The summed E-state index contributed by atoms with van der Waals surface area (Å²) in [6.07, 6.45) is 0. The molecule has 2 aromatic carbocycles. The lowest BCUT2D eigenvalue weighted by molar-refractivity contribution is -0.384. The number of nitro benzene ring substituents is 1. The van der Waals surface area contributed by atoms with Crippen LogP contribution in [0.25, 0.3) is 0 Å². The number of ether oxygens (including phenoxy) is 2. The second kappa shape index (κ2) is 9.32. The maximum absolute atomic E-state index is 12.9. The number of hydrogen-bond acceptors (Lipinski definition) is 8. The highest BCUT2D eigenvalue weighted by Gasteiger charge is 2.31. The molecule has 0 radical (unpaired) electrons. The van der Waals surface area contributed by atoms with Crippen LogP contribution in [0.3, 0.4) is 0 Å². The van der Waals surface area contributed by atoms with Gasteiger partial charge in [-0.15, -0.1) is 0 Å². The average molecular weight is 463 g/mol. The molecule has 1 amide bonds. The Morgan fingerprint density at radius 1 is 0.969 bits per heavy atom. The first-order valence-corrected chi connectivity index (χ1v) is 10.9. The molecule has 1 fully saturated rings. The summed E-state index contributed by atoms with van der Waals surface area (Å²) >= 11 is 0. The van der Waals surface area contributed by atoms with Gasteiger partial charge in [0.05, 0.1) is 29.6 Å². The van der Waals surface area contributed by atoms with Gasteiger partial charge in [0.15, 0.2) is 0 Å². The van der Waals surface area contributed by atoms with E-state index in [-0.39, 0.29) is 42.2 Å². The number of carbonyl (C=O) groups excluding carboxylic acids is 2. The van der Waals surface area contributed by atoms with E-state index in [0.29, 0.717) is 5.75 Å². The number of rotatable bonds is 6. The van der Waals surface area contributed by atoms with Crippen molar-refractivity contribution in [2.75, 3.05) is 40.4 Å². The Bertz CT molecular complexity index is 1140. The Balaban J connectivity index is 1.76. The lowest BCUT2D eigenvalue weighted by Gasteiger charge is -2.34. The summed E-state index contributed by atoms with van der Waals surface area (Å²) in [6, 6.07) is 9.33. The number of carbonyl (C=O) groups is 2. The van der Waals surface area contributed by atoms with Gasteiger partial charge in [0.25, 0.3) is 11.6 Å². The van der Waals surface area contributed by atoms with Crippen LogP contribution in [0.15, 0.2) is 47.4 Å². The van der Waals surface area contributed by atoms with Gasteiger partial charge in [0, 0.05) is 43.9 Å². The van der Waals surface area contributed by atoms with Crippen molar-refractivity contribution >= 4 is 27.6 Å². The molecule has 0 N–H and O–H groups in total. The number of piperazine rings is 1. The molecule has 0 aromatic heterocycles. The van der Waals surface area contributed by atoms with Crippen molar-refractivity contribution in [2.45, 2.75) is 4.90 Å². The minimum atomic E-state index is -3.75. The fourth-order valence-electron chi connectivity index (χ4n) is 3.29. The first-order valence-electron chi connectivity index (χ1n) is 9.48. The van der Waals surface area contributed by atoms with Gasteiger partial charge in [-0.1, -0.05) is 0 Å². The maximum atomic E-state index is 12.9. The van der Waals surface area contributed by atoms with Crippen molar-refractivity contribution in [3.8, 4) is 5.75 Å². The molecule has 0 aliphatic carbocycles. The fourth-order valence-corrected chi connectivity index (χ4v) is 4.71. The summed E-state index contributed by atoms with van der Waals surface area (Å²) in [6.45, 7) is 0.284. The zero-order valence-electron chi connectivity index (χ0n) is 17.4. The standard InChI is InChI=1S/C20H21N3O8S/c1-30-17-3-5-18(6-4-17)32(28,29)22-9-7-21(8-10-22)19(24)14-11-15(20(25)31-2)13-16(12-14)23(26)27/h3-6,11-13H,7-10H2,1-2H3. The molecule has 2 aromatic rings. The van der Waals surface area contributed by atoms with E-state index >= 15 is 0 Å². The smallest absolute Gasteiger partial charge is 0.338 e. The molecule has 0 unspecified atom stereocenters. The Labute approximate surface area is 184 Å². The summed E-state index contributed by atoms with van der Waals surface area (Å²) in [5.74, 6) is -0.818. The quantitative estimate of drug-likeness (QED) is 0.357. The Morgan fingerprint density at radius 2 is 1.56 bits per heavy atom. The number of non-ortho nitro benzene ring substituents is 1. The summed E-state index contributed by atoms with van der Waals surface area (Å²) in [7, 11) is -1.14. The highest BCUT2D eigenvalue weighted by molar-refractivity contribution is 7.89. The molecule has 0 spiro atoms. The molecule has 11 nitrogen and oxygen atoms in total. The van der Waals surface area contributed by atoms with Gasteiger partial charge in [0.1, 0.15) is 5.75 Å². The molecule has 32 heavy (non-hydrogen) atoms. The molecule has 0 bridgehead atoms. The molecule has 1 aliphatic rings. The van der Waals surface area contributed by atoms with Crippen LogP contribution in [0, 0.1) is 10.1 Å². The van der Waals surface area contributed by atoms with Crippen LogP contribution < -0.4 is 4.74 Å². The predicted octanol–water partition coefficient (Wildman–Crippen LogP) is 1.54. The van der Waals surface area contributed by atoms with E-state index in [0.717, 1.165) is 19.2 Å². The first kappa shape index (κ1) is 23.2. The van der Waals surface area contributed by atoms with Crippen LogP contribution in [-0.4, -0.2) is 74.8 Å². The Hall–Kier alpha value is -3.51. The van der Waals surface area contributed by atoms with Gasteiger partial charge in [-0.3, -0.25) is 14.9 Å². The molecule has 170 valence electrons. The lowest BCUT2D eigenvalue weighted by Crippen LogP contribution is -2.50. The van der Waals surface area contributed by atoms with E-state index in [9.17, 15) is 28.1 Å². The summed E-state index contributed by atoms with van der Waals surface area (Å²) in [5, 5.41) is 11.2. The number of benzene rings is 2. The molecule has 1 aliphatic heterocycles. The van der Waals surface area contributed by atoms with Gasteiger partial charge in [-0.25, -0.2) is 13.2 Å². The second-order valence-corrected chi connectivity index (χ2v) is 8.83. The van der Waals surface area contributed by atoms with Crippen molar-refractivity contribution in [3.63, 3.8) is 0 Å². The summed E-state index contributed by atoms with van der Waals surface area (Å²) in [4.78, 5) is 36.7.